The van der Waals surface area contributed by atoms with Crippen molar-refractivity contribution in [2.24, 2.45) is 0 Å². The summed E-state index contributed by atoms with van der Waals surface area (Å²) < 4.78 is 10.2. The van der Waals surface area contributed by atoms with Crippen molar-refractivity contribution >= 4 is 23.6 Å². The van der Waals surface area contributed by atoms with E-state index in [2.05, 4.69) is 15.5 Å². The summed E-state index contributed by atoms with van der Waals surface area (Å²) in [4.78, 5) is 27.9. The van der Waals surface area contributed by atoms with Crippen LogP contribution in [0.2, 0.25) is 0 Å². The number of carbonyl (C=O) groups is 2. The zero-order valence-electron chi connectivity index (χ0n) is 15.9. The monoisotopic (exact) mass is 385 g/mol. The lowest BCUT2D eigenvalue weighted by Crippen LogP contribution is -2.49. The third kappa shape index (κ3) is 4.48. The van der Waals surface area contributed by atoms with Gasteiger partial charge in [-0.15, -0.1) is 10.2 Å². The lowest BCUT2D eigenvalue weighted by Gasteiger charge is -2.34. The Bertz CT molecular complexity index is 819. The summed E-state index contributed by atoms with van der Waals surface area (Å²) in [7, 11) is 1.52. The van der Waals surface area contributed by atoms with Gasteiger partial charge < -0.3 is 24.6 Å². The van der Waals surface area contributed by atoms with E-state index in [1.807, 2.05) is 4.90 Å². The normalized spacial score (nSPS) is 13.8. The highest BCUT2D eigenvalue weighted by molar-refractivity contribution is 6.05. The van der Waals surface area contributed by atoms with Gasteiger partial charge in [0.25, 0.3) is 5.91 Å². The summed E-state index contributed by atoms with van der Waals surface area (Å²) in [6.45, 7) is 4.56. The van der Waals surface area contributed by atoms with Crippen LogP contribution < -0.4 is 15.0 Å². The predicted molar refractivity (Wildman–Crippen MR) is 104 cm³/mol. The molecule has 0 unspecified atom stereocenters. The minimum atomic E-state index is -0.317. The number of hydrogen-bond donors (Lipinski definition) is 1. The number of nitrogens with one attached hydrogen (secondary N) is 1. The van der Waals surface area contributed by atoms with Crippen molar-refractivity contribution in [1.29, 1.82) is 0 Å². The van der Waals surface area contributed by atoms with Crippen molar-refractivity contribution in [2.45, 2.75) is 6.92 Å². The average molecular weight is 385 g/mol. The number of hydrogen-bond acceptors (Lipinski definition) is 7. The van der Waals surface area contributed by atoms with E-state index in [-0.39, 0.29) is 12.0 Å². The van der Waals surface area contributed by atoms with Gasteiger partial charge >= 0.3 is 6.09 Å². The van der Waals surface area contributed by atoms with Crippen LogP contribution in [0.3, 0.4) is 0 Å². The molecule has 1 fully saturated rings. The molecule has 2 aromatic rings. The van der Waals surface area contributed by atoms with Gasteiger partial charge in [-0.3, -0.25) is 4.79 Å². The van der Waals surface area contributed by atoms with Crippen LogP contribution in [0.25, 0.3) is 0 Å². The number of benzene rings is 1. The van der Waals surface area contributed by atoms with Crippen molar-refractivity contribution in [3.8, 4) is 5.75 Å². The summed E-state index contributed by atoms with van der Waals surface area (Å²) in [6, 6.07) is 10.5. The number of para-hydroxylation sites is 1. The first kappa shape index (κ1) is 19.4. The zero-order chi connectivity index (χ0) is 19.9. The first-order valence-corrected chi connectivity index (χ1v) is 9.07. The fraction of sp³-hybridized carbons (Fsp3) is 0.368. The first-order valence-electron chi connectivity index (χ1n) is 9.07. The molecule has 1 aromatic heterocycles. The van der Waals surface area contributed by atoms with E-state index < -0.39 is 0 Å². The number of ether oxygens (including phenoxy) is 2. The summed E-state index contributed by atoms with van der Waals surface area (Å²) in [5.41, 5.74) is 0.422. The van der Waals surface area contributed by atoms with Crippen LogP contribution >= 0.6 is 0 Å². The van der Waals surface area contributed by atoms with E-state index in [0.29, 0.717) is 55.7 Å². The lowest BCUT2D eigenvalue weighted by molar-refractivity contribution is 0.102. The van der Waals surface area contributed by atoms with Crippen molar-refractivity contribution in [2.75, 3.05) is 50.1 Å². The molecule has 1 N–H and O–H groups in total. The third-order valence-electron chi connectivity index (χ3n) is 4.37. The number of rotatable bonds is 5. The molecule has 0 saturated carbocycles. The zero-order valence-corrected chi connectivity index (χ0v) is 15.9. The number of carbonyl (C=O) groups excluding carboxylic acids is 2. The number of aromatic nitrogens is 2. The Kier molecular flexibility index (Phi) is 6.25. The van der Waals surface area contributed by atoms with Crippen LogP contribution in [0.4, 0.5) is 16.4 Å². The maximum absolute atomic E-state index is 12.4. The standard InChI is InChI=1S/C19H23N5O4/c1-3-28-19(26)24-12-10-23(11-13-24)17-9-8-16(21-22-17)20-18(25)14-6-4-5-7-15(14)27-2/h4-9H,3,10-13H2,1-2H3,(H,20,21,25). The molecule has 2 heterocycles. The molecule has 2 amide bonds. The lowest BCUT2D eigenvalue weighted by atomic mass is 10.2. The van der Waals surface area contributed by atoms with Crippen LogP contribution in [0.15, 0.2) is 36.4 Å². The van der Waals surface area contributed by atoms with Crippen molar-refractivity contribution in [3.63, 3.8) is 0 Å². The molecule has 0 atom stereocenters. The maximum Gasteiger partial charge on any atom is 0.409 e. The minimum absolute atomic E-state index is 0.289. The van der Waals surface area contributed by atoms with Gasteiger partial charge in [0, 0.05) is 26.2 Å². The number of nitrogens with zero attached hydrogens (tertiary/aromatic N) is 4. The Morgan fingerprint density at radius 2 is 1.82 bits per heavy atom. The molecule has 0 aliphatic carbocycles. The topological polar surface area (TPSA) is 96.9 Å². The molecule has 148 valence electrons. The second-order valence-electron chi connectivity index (χ2n) is 6.10. The summed E-state index contributed by atoms with van der Waals surface area (Å²) >= 11 is 0. The van der Waals surface area contributed by atoms with Gasteiger partial charge in [0.1, 0.15) is 5.75 Å². The van der Waals surface area contributed by atoms with Crippen LogP contribution in [0.1, 0.15) is 17.3 Å². The van der Waals surface area contributed by atoms with Crippen LogP contribution in [-0.2, 0) is 4.74 Å². The molecule has 28 heavy (non-hydrogen) atoms. The van der Waals surface area contributed by atoms with Gasteiger partial charge in [-0.2, -0.15) is 0 Å². The Labute approximate surface area is 163 Å². The van der Waals surface area contributed by atoms with Crippen LogP contribution in [0.5, 0.6) is 5.75 Å². The highest BCUT2D eigenvalue weighted by Gasteiger charge is 2.23. The Hall–Kier alpha value is -3.36. The Morgan fingerprint density at radius 1 is 1.07 bits per heavy atom. The minimum Gasteiger partial charge on any atom is -0.496 e. The SMILES string of the molecule is CCOC(=O)N1CCN(c2ccc(NC(=O)c3ccccc3OC)nn2)CC1. The fourth-order valence-electron chi connectivity index (χ4n) is 2.91. The highest BCUT2D eigenvalue weighted by atomic mass is 16.6. The van der Waals surface area contributed by atoms with Crippen LogP contribution in [-0.4, -0.2) is 67.0 Å². The largest absolute Gasteiger partial charge is 0.496 e. The second-order valence-corrected chi connectivity index (χ2v) is 6.10. The number of methoxy groups -OCH3 is 1. The van der Waals surface area contributed by atoms with Gasteiger partial charge in [-0.05, 0) is 31.2 Å². The first-order chi connectivity index (χ1) is 13.6. The van der Waals surface area contributed by atoms with Crippen molar-refractivity contribution in [3.05, 3.63) is 42.0 Å². The van der Waals surface area contributed by atoms with E-state index in [1.165, 1.54) is 7.11 Å². The third-order valence-corrected chi connectivity index (χ3v) is 4.37. The molecule has 9 nitrogen and oxygen atoms in total. The van der Waals surface area contributed by atoms with E-state index in [9.17, 15) is 9.59 Å². The van der Waals surface area contributed by atoms with E-state index in [1.54, 1.807) is 48.2 Å². The van der Waals surface area contributed by atoms with E-state index in [4.69, 9.17) is 9.47 Å². The summed E-state index contributed by atoms with van der Waals surface area (Å²) in [6.07, 6.45) is -0.289. The quantitative estimate of drug-likeness (QED) is 0.841. The molecule has 1 aliphatic rings. The van der Waals surface area contributed by atoms with Crippen LogP contribution in [0, 0.1) is 0 Å². The summed E-state index contributed by atoms with van der Waals surface area (Å²) in [5, 5.41) is 11.0. The fourth-order valence-corrected chi connectivity index (χ4v) is 2.91. The van der Waals surface area contributed by atoms with Gasteiger partial charge in [-0.25, -0.2) is 4.79 Å². The van der Waals surface area contributed by atoms with Gasteiger partial charge in [-0.1, -0.05) is 12.1 Å². The van der Waals surface area contributed by atoms with Crippen molar-refractivity contribution in [1.82, 2.24) is 15.1 Å². The molecule has 1 aliphatic heterocycles. The van der Waals surface area contributed by atoms with Gasteiger partial charge in [0.2, 0.25) is 0 Å². The maximum atomic E-state index is 12.4. The van der Waals surface area contributed by atoms with E-state index >= 15 is 0 Å². The number of piperazine rings is 1. The van der Waals surface area contributed by atoms with Gasteiger partial charge in [0.15, 0.2) is 11.6 Å². The Morgan fingerprint density at radius 3 is 2.46 bits per heavy atom. The number of amides is 2. The number of anilines is 2. The van der Waals surface area contributed by atoms with E-state index in [0.717, 1.165) is 0 Å². The molecule has 0 radical (unpaired) electrons. The molecule has 1 saturated heterocycles. The highest BCUT2D eigenvalue weighted by Crippen LogP contribution is 2.19. The molecule has 1 aromatic carbocycles. The Balaban J connectivity index is 1.58. The van der Waals surface area contributed by atoms with Crippen molar-refractivity contribution < 1.29 is 19.1 Å². The molecule has 3 rings (SSSR count). The molecule has 0 spiro atoms. The molecule has 9 heteroatoms. The predicted octanol–water partition coefficient (Wildman–Crippen LogP) is 2.02. The molecule has 0 bridgehead atoms. The molecular formula is C19H23N5O4. The second kappa shape index (κ2) is 9.03. The molecular weight excluding hydrogens is 362 g/mol. The average Bonchev–Trinajstić information content (AvgIpc) is 2.74. The smallest absolute Gasteiger partial charge is 0.409 e. The van der Waals surface area contributed by atoms with Gasteiger partial charge in [0.05, 0.1) is 19.3 Å². The summed E-state index contributed by atoms with van der Waals surface area (Å²) in [5.74, 6) is 1.22.